The first-order valence-electron chi connectivity index (χ1n) is 8.32. The van der Waals surface area contributed by atoms with Crippen LogP contribution in [0.1, 0.15) is 70.4 Å². The number of thiol groups is 1. The van der Waals surface area contributed by atoms with E-state index in [1.54, 1.807) is 0 Å². The molecule has 1 nitrogen and oxygen atoms in total. The van der Waals surface area contributed by atoms with Gasteiger partial charge >= 0.3 is 0 Å². The van der Waals surface area contributed by atoms with Crippen molar-refractivity contribution in [1.29, 1.82) is 0 Å². The minimum Gasteiger partial charge on any atom is -0.493 e. The van der Waals surface area contributed by atoms with E-state index in [-0.39, 0.29) is 5.41 Å². The van der Waals surface area contributed by atoms with E-state index in [0.717, 1.165) is 18.1 Å². The smallest absolute Gasteiger partial charge is 0.122 e. The number of ether oxygens (including phenoxy) is 1. The van der Waals surface area contributed by atoms with Crippen molar-refractivity contribution < 1.29 is 4.74 Å². The molecule has 0 aromatic heterocycles. The summed E-state index contributed by atoms with van der Waals surface area (Å²) in [5, 5.41) is 0. The van der Waals surface area contributed by atoms with E-state index in [4.69, 9.17) is 4.74 Å². The molecule has 0 saturated carbocycles. The topological polar surface area (TPSA) is 9.23 Å². The highest BCUT2D eigenvalue weighted by Gasteiger charge is 2.28. The molecule has 21 heavy (non-hydrogen) atoms. The van der Waals surface area contributed by atoms with Crippen molar-refractivity contribution in [1.82, 2.24) is 0 Å². The van der Waals surface area contributed by atoms with Crippen molar-refractivity contribution >= 4 is 12.6 Å². The lowest BCUT2D eigenvalue weighted by Crippen LogP contribution is -2.30. The van der Waals surface area contributed by atoms with E-state index in [9.17, 15) is 0 Å². The Morgan fingerprint density at radius 3 is 2.24 bits per heavy atom. The van der Waals surface area contributed by atoms with E-state index in [0.29, 0.717) is 5.92 Å². The molecule has 0 aliphatic heterocycles. The maximum atomic E-state index is 6.24. The van der Waals surface area contributed by atoms with Crippen molar-refractivity contribution in [2.75, 3.05) is 12.4 Å². The second kappa shape index (κ2) is 8.73. The van der Waals surface area contributed by atoms with Crippen LogP contribution in [-0.4, -0.2) is 12.4 Å². The summed E-state index contributed by atoms with van der Waals surface area (Å²) >= 11 is 4.61. The summed E-state index contributed by atoms with van der Waals surface area (Å²) in [6.07, 6.45) is 4.75. The van der Waals surface area contributed by atoms with Crippen LogP contribution in [0.15, 0.2) is 18.2 Å². The third-order valence-corrected chi connectivity index (χ3v) is 4.98. The number of rotatable bonds is 9. The largest absolute Gasteiger partial charge is 0.493 e. The molecule has 0 spiro atoms. The van der Waals surface area contributed by atoms with Gasteiger partial charge in [0.2, 0.25) is 0 Å². The van der Waals surface area contributed by atoms with Gasteiger partial charge in [-0.25, -0.2) is 0 Å². The molecule has 0 atom stereocenters. The van der Waals surface area contributed by atoms with Crippen molar-refractivity contribution in [2.45, 2.75) is 66.2 Å². The van der Waals surface area contributed by atoms with Crippen LogP contribution in [0.4, 0.5) is 0 Å². The predicted octanol–water partition coefficient (Wildman–Crippen LogP) is 6.01. The number of hydrogen-bond donors (Lipinski definition) is 1. The summed E-state index contributed by atoms with van der Waals surface area (Å²) in [5.74, 6) is 2.48. The average molecular weight is 309 g/mol. The number of benzene rings is 1. The highest BCUT2D eigenvalue weighted by atomic mass is 32.1. The molecule has 120 valence electrons. The Morgan fingerprint density at radius 1 is 1.14 bits per heavy atom. The first kappa shape index (κ1) is 18.4. The van der Waals surface area contributed by atoms with Crippen molar-refractivity contribution in [3.05, 3.63) is 29.3 Å². The first-order chi connectivity index (χ1) is 9.98. The lowest BCUT2D eigenvalue weighted by molar-refractivity contribution is 0.143. The normalized spacial score (nSPS) is 12.0. The van der Waals surface area contributed by atoms with Gasteiger partial charge in [0.15, 0.2) is 0 Å². The summed E-state index contributed by atoms with van der Waals surface area (Å²) in [5.41, 5.74) is 2.78. The first-order valence-corrected chi connectivity index (χ1v) is 8.95. The molecule has 0 saturated heterocycles. The second-order valence-corrected chi connectivity index (χ2v) is 6.94. The van der Waals surface area contributed by atoms with Crippen molar-refractivity contribution in [3.8, 4) is 5.75 Å². The Balaban J connectivity index is 2.86. The summed E-state index contributed by atoms with van der Waals surface area (Å²) < 4.78 is 6.24. The van der Waals surface area contributed by atoms with Crippen molar-refractivity contribution in [3.63, 3.8) is 0 Å². The Morgan fingerprint density at radius 2 is 1.76 bits per heavy atom. The van der Waals surface area contributed by atoms with Gasteiger partial charge in [-0.15, -0.1) is 0 Å². The molecule has 0 aliphatic carbocycles. The van der Waals surface area contributed by atoms with Gasteiger partial charge in [0.05, 0.1) is 6.61 Å². The highest BCUT2D eigenvalue weighted by molar-refractivity contribution is 7.80. The van der Waals surface area contributed by atoms with E-state index < -0.39 is 0 Å². The fourth-order valence-corrected chi connectivity index (χ4v) is 3.30. The maximum absolute atomic E-state index is 6.24. The Labute approximate surface area is 136 Å². The van der Waals surface area contributed by atoms with Crippen LogP contribution in [0, 0.1) is 12.3 Å². The lowest BCUT2D eigenvalue weighted by atomic mass is 9.82. The zero-order valence-corrected chi connectivity index (χ0v) is 15.3. The minimum atomic E-state index is 0.215. The molecule has 2 heteroatoms. The van der Waals surface area contributed by atoms with Gasteiger partial charge in [-0.2, -0.15) is 12.6 Å². The van der Waals surface area contributed by atoms with Gasteiger partial charge in [-0.1, -0.05) is 52.7 Å². The summed E-state index contributed by atoms with van der Waals surface area (Å²) in [6, 6.07) is 6.59. The maximum Gasteiger partial charge on any atom is 0.122 e. The molecule has 0 unspecified atom stereocenters. The van der Waals surface area contributed by atoms with E-state index >= 15 is 0 Å². The van der Waals surface area contributed by atoms with Gasteiger partial charge in [-0.3, -0.25) is 0 Å². The third kappa shape index (κ3) is 5.25. The molecule has 0 radical (unpaired) electrons. The second-order valence-electron chi connectivity index (χ2n) is 6.63. The Kier molecular flexibility index (Phi) is 7.65. The van der Waals surface area contributed by atoms with Crippen LogP contribution in [0.3, 0.4) is 0 Å². The van der Waals surface area contributed by atoms with Crippen LogP contribution >= 0.6 is 12.6 Å². The molecule has 1 rings (SSSR count). The molecular weight excluding hydrogens is 276 g/mol. The monoisotopic (exact) mass is 308 g/mol. The Bertz CT molecular complexity index is 420. The fourth-order valence-electron chi connectivity index (χ4n) is 2.90. The van der Waals surface area contributed by atoms with Crippen LogP contribution < -0.4 is 4.74 Å². The fraction of sp³-hybridized carbons (Fsp3) is 0.684. The quantitative estimate of drug-likeness (QED) is 0.549. The molecule has 1 aromatic rings. The van der Waals surface area contributed by atoms with Crippen LogP contribution in [0.2, 0.25) is 0 Å². The molecule has 0 N–H and O–H groups in total. The summed E-state index contributed by atoms with van der Waals surface area (Å²) in [6.45, 7) is 11.8. The van der Waals surface area contributed by atoms with Gasteiger partial charge < -0.3 is 4.74 Å². The van der Waals surface area contributed by atoms with Gasteiger partial charge in [-0.05, 0) is 48.6 Å². The SMILES string of the molecule is CCCC(CS)(CCC)COc1cc(C(C)C)ccc1C. The van der Waals surface area contributed by atoms with Crippen LogP contribution in [-0.2, 0) is 0 Å². The standard InChI is InChI=1S/C19H32OS/c1-6-10-19(14-21,11-7-2)13-20-18-12-17(15(3)4)9-8-16(18)5/h8-9,12,15,21H,6-7,10-11,13-14H2,1-5H3. The highest BCUT2D eigenvalue weighted by Crippen LogP contribution is 2.33. The van der Waals surface area contributed by atoms with E-state index in [2.05, 4.69) is 65.4 Å². The zero-order valence-electron chi connectivity index (χ0n) is 14.4. The third-order valence-electron chi connectivity index (χ3n) is 4.31. The molecule has 1 aromatic carbocycles. The van der Waals surface area contributed by atoms with Gasteiger partial charge in [0, 0.05) is 5.41 Å². The molecular formula is C19H32OS. The van der Waals surface area contributed by atoms with Crippen molar-refractivity contribution in [2.24, 2.45) is 5.41 Å². The predicted molar refractivity (Wildman–Crippen MR) is 96.9 cm³/mol. The molecule has 0 bridgehead atoms. The number of aryl methyl sites for hydroxylation is 1. The zero-order chi connectivity index (χ0) is 15.9. The number of hydrogen-bond acceptors (Lipinski definition) is 2. The van der Waals surface area contributed by atoms with E-state index in [1.807, 2.05) is 0 Å². The van der Waals surface area contributed by atoms with Gasteiger partial charge in [0.1, 0.15) is 5.75 Å². The molecule has 0 aliphatic rings. The molecule has 0 heterocycles. The average Bonchev–Trinajstić information content (AvgIpc) is 2.46. The molecule has 0 amide bonds. The minimum absolute atomic E-state index is 0.215. The van der Waals surface area contributed by atoms with Crippen LogP contribution in [0.25, 0.3) is 0 Å². The summed E-state index contributed by atoms with van der Waals surface area (Å²) in [7, 11) is 0. The van der Waals surface area contributed by atoms with Gasteiger partial charge in [0.25, 0.3) is 0 Å². The Hall–Kier alpha value is -0.630. The lowest BCUT2D eigenvalue weighted by Gasteiger charge is -2.32. The molecule has 0 fully saturated rings. The van der Waals surface area contributed by atoms with Crippen LogP contribution in [0.5, 0.6) is 5.75 Å². The summed E-state index contributed by atoms with van der Waals surface area (Å²) in [4.78, 5) is 0. The van der Waals surface area contributed by atoms with E-state index in [1.165, 1.54) is 36.8 Å².